The van der Waals surface area contributed by atoms with Gasteiger partial charge in [-0.2, -0.15) is 5.10 Å². The third-order valence-electron chi connectivity index (χ3n) is 3.27. The molecule has 0 fully saturated rings. The molecule has 0 aliphatic heterocycles. The van der Waals surface area contributed by atoms with Crippen LogP contribution in [0.1, 0.15) is 35.5 Å². The minimum absolute atomic E-state index is 0.348. The van der Waals surface area contributed by atoms with Crippen LogP contribution in [0.5, 0.6) is 0 Å². The molecular weight excluding hydrogens is 222 g/mol. The zero-order valence-corrected chi connectivity index (χ0v) is 11.6. The summed E-state index contributed by atoms with van der Waals surface area (Å²) < 4.78 is 1.93. The van der Waals surface area contributed by atoms with Gasteiger partial charge in [-0.25, -0.2) is 0 Å². The summed E-state index contributed by atoms with van der Waals surface area (Å²) in [5.41, 5.74) is 4.90. The first-order valence-electron chi connectivity index (χ1n) is 6.35. The molecule has 0 unspecified atom stereocenters. The number of aromatic nitrogens is 2. The Hall–Kier alpha value is -1.61. The summed E-state index contributed by atoms with van der Waals surface area (Å²) in [7, 11) is 1.99. The predicted octanol–water partition coefficient (Wildman–Crippen LogP) is 2.89. The van der Waals surface area contributed by atoms with Crippen molar-refractivity contribution in [3.8, 4) is 0 Å². The Kier molecular flexibility index (Phi) is 3.82. The highest BCUT2D eigenvalue weighted by atomic mass is 15.3. The molecule has 3 nitrogen and oxygen atoms in total. The summed E-state index contributed by atoms with van der Waals surface area (Å²) in [6, 6.07) is 11.1. The maximum atomic E-state index is 4.35. The molecule has 1 aromatic heterocycles. The van der Waals surface area contributed by atoms with Crippen LogP contribution in [0.15, 0.2) is 30.3 Å². The van der Waals surface area contributed by atoms with E-state index in [-0.39, 0.29) is 0 Å². The summed E-state index contributed by atoms with van der Waals surface area (Å²) in [5, 5.41) is 7.88. The molecule has 0 aliphatic rings. The lowest BCUT2D eigenvalue weighted by Gasteiger charge is -2.14. The number of hydrogen-bond acceptors (Lipinski definition) is 2. The van der Waals surface area contributed by atoms with Crippen LogP contribution in [0, 0.1) is 13.8 Å². The zero-order chi connectivity index (χ0) is 13.1. The van der Waals surface area contributed by atoms with Gasteiger partial charge < -0.3 is 5.32 Å². The number of hydrogen-bond donors (Lipinski definition) is 1. The van der Waals surface area contributed by atoms with E-state index < -0.39 is 0 Å². The van der Waals surface area contributed by atoms with Crippen LogP contribution in [-0.2, 0) is 13.6 Å². The molecule has 2 rings (SSSR count). The third-order valence-corrected chi connectivity index (χ3v) is 3.27. The second-order valence-electron chi connectivity index (χ2n) is 4.91. The van der Waals surface area contributed by atoms with Crippen LogP contribution in [0.25, 0.3) is 0 Å². The summed E-state index contributed by atoms with van der Waals surface area (Å²) in [4.78, 5) is 0. The van der Waals surface area contributed by atoms with Crippen LogP contribution in [0.2, 0.25) is 0 Å². The minimum Gasteiger partial charge on any atom is -0.305 e. The first kappa shape index (κ1) is 12.8. The van der Waals surface area contributed by atoms with Crippen molar-refractivity contribution >= 4 is 0 Å². The lowest BCUT2D eigenvalue weighted by atomic mass is 10.1. The Labute approximate surface area is 109 Å². The van der Waals surface area contributed by atoms with Gasteiger partial charge in [-0.15, -0.1) is 0 Å². The van der Waals surface area contributed by atoms with Crippen LogP contribution >= 0.6 is 0 Å². The van der Waals surface area contributed by atoms with Gasteiger partial charge in [0, 0.05) is 19.6 Å². The first-order valence-corrected chi connectivity index (χ1v) is 6.35. The minimum atomic E-state index is 0.348. The standard InChI is InChI=1S/C15H21N3/c1-11-5-7-14(8-6-11)13(3)16-10-15-9-12(2)17-18(15)4/h5-9,13,16H,10H2,1-4H3/t13-/m1/s1. The molecule has 0 bridgehead atoms. The molecule has 0 radical (unpaired) electrons. The molecule has 3 heteroatoms. The van der Waals surface area contributed by atoms with Gasteiger partial charge >= 0.3 is 0 Å². The molecule has 0 spiro atoms. The van der Waals surface area contributed by atoms with Crippen molar-refractivity contribution in [1.29, 1.82) is 0 Å². The van der Waals surface area contributed by atoms with Crippen molar-refractivity contribution in [3.63, 3.8) is 0 Å². The number of aryl methyl sites for hydroxylation is 3. The maximum Gasteiger partial charge on any atom is 0.0597 e. The fourth-order valence-electron chi connectivity index (χ4n) is 2.06. The van der Waals surface area contributed by atoms with Crippen molar-refractivity contribution in [2.75, 3.05) is 0 Å². The van der Waals surface area contributed by atoms with Crippen LogP contribution in [0.4, 0.5) is 0 Å². The van der Waals surface area contributed by atoms with Gasteiger partial charge in [-0.05, 0) is 32.4 Å². The van der Waals surface area contributed by atoms with Crippen molar-refractivity contribution in [3.05, 3.63) is 52.8 Å². The first-order chi connectivity index (χ1) is 8.56. The molecule has 1 atom stereocenters. The van der Waals surface area contributed by atoms with E-state index >= 15 is 0 Å². The Morgan fingerprint density at radius 3 is 2.44 bits per heavy atom. The van der Waals surface area contributed by atoms with Gasteiger partial charge in [-0.3, -0.25) is 4.68 Å². The van der Waals surface area contributed by atoms with E-state index in [0.29, 0.717) is 6.04 Å². The second-order valence-corrected chi connectivity index (χ2v) is 4.91. The lowest BCUT2D eigenvalue weighted by Crippen LogP contribution is -2.19. The van der Waals surface area contributed by atoms with E-state index in [0.717, 1.165) is 12.2 Å². The molecule has 1 heterocycles. The number of nitrogens with zero attached hydrogens (tertiary/aromatic N) is 2. The molecule has 0 aliphatic carbocycles. The molecule has 0 saturated heterocycles. The molecule has 0 saturated carbocycles. The molecular formula is C15H21N3. The maximum absolute atomic E-state index is 4.35. The summed E-state index contributed by atoms with van der Waals surface area (Å²) in [5.74, 6) is 0. The van der Waals surface area contributed by atoms with E-state index in [4.69, 9.17) is 0 Å². The largest absolute Gasteiger partial charge is 0.305 e. The number of benzene rings is 1. The van der Waals surface area contributed by atoms with E-state index in [1.807, 2.05) is 18.7 Å². The van der Waals surface area contributed by atoms with Gasteiger partial charge in [0.25, 0.3) is 0 Å². The van der Waals surface area contributed by atoms with Crippen molar-refractivity contribution < 1.29 is 0 Å². The van der Waals surface area contributed by atoms with Gasteiger partial charge in [0.15, 0.2) is 0 Å². The highest BCUT2D eigenvalue weighted by Gasteiger charge is 2.06. The molecule has 2 aromatic rings. The summed E-state index contributed by atoms with van der Waals surface area (Å²) in [6.07, 6.45) is 0. The van der Waals surface area contributed by atoms with E-state index in [9.17, 15) is 0 Å². The molecule has 0 amide bonds. The third kappa shape index (κ3) is 2.99. The fourth-order valence-corrected chi connectivity index (χ4v) is 2.06. The Balaban J connectivity index is 1.98. The number of nitrogens with one attached hydrogen (secondary N) is 1. The topological polar surface area (TPSA) is 29.9 Å². The highest BCUT2D eigenvalue weighted by molar-refractivity contribution is 5.23. The Bertz CT molecular complexity index is 511. The number of rotatable bonds is 4. The molecule has 96 valence electrons. The van der Waals surface area contributed by atoms with Gasteiger partial charge in [-0.1, -0.05) is 29.8 Å². The van der Waals surface area contributed by atoms with Crippen LogP contribution < -0.4 is 5.32 Å². The lowest BCUT2D eigenvalue weighted by molar-refractivity contribution is 0.548. The average molecular weight is 243 g/mol. The summed E-state index contributed by atoms with van der Waals surface area (Å²) in [6.45, 7) is 7.16. The van der Waals surface area contributed by atoms with E-state index in [1.54, 1.807) is 0 Å². The quantitative estimate of drug-likeness (QED) is 0.895. The monoisotopic (exact) mass is 243 g/mol. The molecule has 1 aromatic carbocycles. The van der Waals surface area contributed by atoms with Gasteiger partial charge in [0.1, 0.15) is 0 Å². The van der Waals surface area contributed by atoms with Gasteiger partial charge in [0.05, 0.1) is 11.4 Å². The average Bonchev–Trinajstić information content (AvgIpc) is 2.66. The fraction of sp³-hybridized carbons (Fsp3) is 0.400. The normalized spacial score (nSPS) is 12.7. The SMILES string of the molecule is Cc1ccc([C@@H](C)NCc2cc(C)nn2C)cc1. The molecule has 18 heavy (non-hydrogen) atoms. The zero-order valence-electron chi connectivity index (χ0n) is 11.6. The van der Waals surface area contributed by atoms with Crippen LogP contribution in [-0.4, -0.2) is 9.78 Å². The Morgan fingerprint density at radius 1 is 1.22 bits per heavy atom. The predicted molar refractivity (Wildman–Crippen MR) is 74.4 cm³/mol. The van der Waals surface area contributed by atoms with Crippen molar-refractivity contribution in [1.82, 2.24) is 15.1 Å². The summed E-state index contributed by atoms with van der Waals surface area (Å²) >= 11 is 0. The Morgan fingerprint density at radius 2 is 1.89 bits per heavy atom. The van der Waals surface area contributed by atoms with E-state index in [2.05, 4.69) is 54.6 Å². The van der Waals surface area contributed by atoms with Crippen molar-refractivity contribution in [2.24, 2.45) is 7.05 Å². The highest BCUT2D eigenvalue weighted by Crippen LogP contribution is 2.14. The van der Waals surface area contributed by atoms with E-state index in [1.165, 1.54) is 16.8 Å². The van der Waals surface area contributed by atoms with Crippen molar-refractivity contribution in [2.45, 2.75) is 33.4 Å². The smallest absolute Gasteiger partial charge is 0.0597 e. The van der Waals surface area contributed by atoms with Crippen LogP contribution in [0.3, 0.4) is 0 Å². The molecule has 1 N–H and O–H groups in total. The van der Waals surface area contributed by atoms with Gasteiger partial charge in [0.2, 0.25) is 0 Å². The second kappa shape index (κ2) is 5.36.